The highest BCUT2D eigenvalue weighted by Crippen LogP contribution is 2.33. The Balaban J connectivity index is 1.48. The molecule has 0 radical (unpaired) electrons. The molecule has 0 aliphatic carbocycles. The Labute approximate surface area is 177 Å². The average Bonchev–Trinajstić information content (AvgIpc) is 2.92. The van der Waals surface area contributed by atoms with Gasteiger partial charge in [0.05, 0.1) is 23.5 Å². The third-order valence-electron chi connectivity index (χ3n) is 5.62. The predicted octanol–water partition coefficient (Wildman–Crippen LogP) is 3.91. The van der Waals surface area contributed by atoms with Crippen molar-refractivity contribution in [2.24, 2.45) is 0 Å². The third-order valence-corrected chi connectivity index (χ3v) is 6.81. The van der Waals surface area contributed by atoms with E-state index in [1.54, 1.807) is 22.8 Å². The lowest BCUT2D eigenvalue weighted by Gasteiger charge is -2.10. The van der Waals surface area contributed by atoms with Gasteiger partial charge in [-0.15, -0.1) is 11.3 Å². The van der Waals surface area contributed by atoms with Crippen molar-refractivity contribution in [3.8, 4) is 11.5 Å². The zero-order valence-electron chi connectivity index (χ0n) is 16.8. The van der Waals surface area contributed by atoms with Crippen LogP contribution in [0.4, 0.5) is 5.69 Å². The molecular weight excluding hydrogens is 402 g/mol. The van der Waals surface area contributed by atoms with Crippen LogP contribution in [0.25, 0.3) is 10.2 Å². The quantitative estimate of drug-likeness (QED) is 0.673. The molecule has 4 heterocycles. The highest BCUT2D eigenvalue weighted by atomic mass is 32.1. The molecule has 0 saturated heterocycles. The Hall–Kier alpha value is -2.87. The summed E-state index contributed by atoms with van der Waals surface area (Å²) in [5, 5.41) is 3.49. The number of anilines is 1. The van der Waals surface area contributed by atoms with Crippen LogP contribution in [0.1, 0.15) is 46.7 Å². The normalized spacial score (nSPS) is 15.9. The smallest absolute Gasteiger partial charge is 0.266 e. The first kappa shape index (κ1) is 19.1. The molecule has 0 atom stereocenters. The van der Waals surface area contributed by atoms with Crippen molar-refractivity contribution in [2.75, 3.05) is 18.5 Å². The molecule has 0 unspecified atom stereocenters. The maximum Gasteiger partial charge on any atom is 0.266 e. The van der Waals surface area contributed by atoms with Crippen molar-refractivity contribution in [1.82, 2.24) is 9.55 Å². The lowest BCUT2D eigenvalue weighted by atomic mass is 10.2. The first-order chi connectivity index (χ1) is 14.6. The average molecular weight is 426 g/mol. The van der Waals surface area contributed by atoms with Gasteiger partial charge in [-0.1, -0.05) is 6.42 Å². The molecule has 0 fully saturated rings. The molecule has 30 heavy (non-hydrogen) atoms. The van der Waals surface area contributed by atoms with Gasteiger partial charge in [0.15, 0.2) is 11.5 Å². The molecule has 8 heteroatoms. The minimum atomic E-state index is -0.246. The van der Waals surface area contributed by atoms with E-state index in [0.717, 1.165) is 37.9 Å². The maximum atomic E-state index is 13.1. The minimum Gasteiger partial charge on any atom is -0.490 e. The summed E-state index contributed by atoms with van der Waals surface area (Å²) < 4.78 is 13.1. The van der Waals surface area contributed by atoms with E-state index in [9.17, 15) is 9.59 Å². The molecule has 7 nitrogen and oxygen atoms in total. The SMILES string of the molecule is Cc1c(C(=O)Nc2ccc3c(c2)OCCCO3)sc2nc3n(c(=O)c12)CCCCC3. The standard InChI is InChI=1S/C22H23N3O4S/c1-13-18-21(24-17-6-3-2-4-9-25(17)22(18)27)30-19(13)20(26)23-14-7-8-15-16(12-14)29-11-5-10-28-15/h7-8,12H,2-6,9-11H2,1H3,(H,23,26). The molecule has 0 bridgehead atoms. The van der Waals surface area contributed by atoms with Gasteiger partial charge in [-0.05, 0) is 37.5 Å². The number of benzene rings is 1. The number of aryl methyl sites for hydroxylation is 2. The van der Waals surface area contributed by atoms with E-state index < -0.39 is 0 Å². The third kappa shape index (κ3) is 3.35. The molecule has 5 rings (SSSR count). The summed E-state index contributed by atoms with van der Waals surface area (Å²) >= 11 is 1.28. The lowest BCUT2D eigenvalue weighted by molar-refractivity contribution is 0.103. The second-order valence-corrected chi connectivity index (χ2v) is 8.70. The summed E-state index contributed by atoms with van der Waals surface area (Å²) in [7, 11) is 0. The van der Waals surface area contributed by atoms with E-state index in [4.69, 9.17) is 14.5 Å². The van der Waals surface area contributed by atoms with Crippen molar-refractivity contribution in [3.05, 3.63) is 44.8 Å². The number of carbonyl (C=O) groups is 1. The second kappa shape index (κ2) is 7.75. The van der Waals surface area contributed by atoms with Crippen molar-refractivity contribution in [2.45, 2.75) is 45.6 Å². The number of hydrogen-bond acceptors (Lipinski definition) is 6. The van der Waals surface area contributed by atoms with Crippen molar-refractivity contribution in [1.29, 1.82) is 0 Å². The zero-order chi connectivity index (χ0) is 20.7. The molecule has 2 aliphatic rings. The van der Waals surface area contributed by atoms with Gasteiger partial charge >= 0.3 is 0 Å². The van der Waals surface area contributed by atoms with Crippen LogP contribution < -0.4 is 20.3 Å². The Kier molecular flexibility index (Phi) is 4.94. The van der Waals surface area contributed by atoms with E-state index in [0.29, 0.717) is 57.6 Å². The minimum absolute atomic E-state index is 0.0275. The lowest BCUT2D eigenvalue weighted by Crippen LogP contribution is -2.24. The summed E-state index contributed by atoms with van der Waals surface area (Å²) in [4.78, 5) is 32.0. The summed E-state index contributed by atoms with van der Waals surface area (Å²) in [6.07, 6.45) is 4.77. The number of fused-ring (bicyclic) bond motifs is 3. The molecular formula is C22H23N3O4S. The fraction of sp³-hybridized carbons (Fsp3) is 0.409. The van der Waals surface area contributed by atoms with Crippen molar-refractivity contribution in [3.63, 3.8) is 0 Å². The highest BCUT2D eigenvalue weighted by Gasteiger charge is 2.22. The monoisotopic (exact) mass is 425 g/mol. The Bertz CT molecular complexity index is 1200. The van der Waals surface area contributed by atoms with Crippen molar-refractivity contribution < 1.29 is 14.3 Å². The molecule has 1 N–H and O–H groups in total. The van der Waals surface area contributed by atoms with Crippen LogP contribution in [-0.2, 0) is 13.0 Å². The summed E-state index contributed by atoms with van der Waals surface area (Å²) in [5.74, 6) is 1.90. The number of aromatic nitrogens is 2. The first-order valence-corrected chi connectivity index (χ1v) is 11.2. The molecule has 0 spiro atoms. The van der Waals surface area contributed by atoms with Crippen molar-refractivity contribution >= 4 is 33.1 Å². The second-order valence-electron chi connectivity index (χ2n) is 7.70. The molecule has 156 valence electrons. The fourth-order valence-corrected chi connectivity index (χ4v) is 5.14. The van der Waals surface area contributed by atoms with Gasteiger partial charge in [0.25, 0.3) is 11.5 Å². The van der Waals surface area contributed by atoms with Gasteiger partial charge in [0.1, 0.15) is 10.7 Å². The number of amides is 1. The van der Waals surface area contributed by atoms with Crippen LogP contribution in [0.5, 0.6) is 11.5 Å². The van der Waals surface area contributed by atoms with Crippen LogP contribution in [-0.4, -0.2) is 28.7 Å². The van der Waals surface area contributed by atoms with Gasteiger partial charge in [0, 0.05) is 31.1 Å². The highest BCUT2D eigenvalue weighted by molar-refractivity contribution is 7.20. The number of hydrogen-bond donors (Lipinski definition) is 1. The fourth-order valence-electron chi connectivity index (χ4n) is 4.06. The van der Waals surface area contributed by atoms with Gasteiger partial charge in [-0.3, -0.25) is 14.2 Å². The predicted molar refractivity (Wildman–Crippen MR) is 116 cm³/mol. The number of nitrogens with zero attached hydrogens (tertiary/aromatic N) is 2. The molecule has 0 saturated carbocycles. The van der Waals surface area contributed by atoms with Crippen LogP contribution in [0.2, 0.25) is 0 Å². The van der Waals surface area contributed by atoms with Gasteiger partial charge < -0.3 is 14.8 Å². The van der Waals surface area contributed by atoms with E-state index in [-0.39, 0.29) is 11.5 Å². The topological polar surface area (TPSA) is 82.4 Å². The van der Waals surface area contributed by atoms with Crippen LogP contribution >= 0.6 is 11.3 Å². The summed E-state index contributed by atoms with van der Waals surface area (Å²) in [6, 6.07) is 5.37. The number of nitrogens with one attached hydrogen (secondary N) is 1. The van der Waals surface area contributed by atoms with E-state index in [1.807, 2.05) is 6.92 Å². The van der Waals surface area contributed by atoms with Gasteiger partial charge in [0.2, 0.25) is 0 Å². The molecule has 3 aromatic rings. The Morgan fingerprint density at radius 1 is 1.13 bits per heavy atom. The van der Waals surface area contributed by atoms with E-state index >= 15 is 0 Å². The number of thiophene rings is 1. The summed E-state index contributed by atoms with van der Waals surface area (Å²) in [5.41, 5.74) is 1.29. The number of rotatable bonds is 2. The number of ether oxygens (including phenoxy) is 2. The maximum absolute atomic E-state index is 13.1. The van der Waals surface area contributed by atoms with Crippen LogP contribution in [0, 0.1) is 6.92 Å². The van der Waals surface area contributed by atoms with Crippen LogP contribution in [0.15, 0.2) is 23.0 Å². The Morgan fingerprint density at radius 2 is 1.97 bits per heavy atom. The largest absolute Gasteiger partial charge is 0.490 e. The molecule has 2 aromatic heterocycles. The summed E-state index contributed by atoms with van der Waals surface area (Å²) in [6.45, 7) is 3.73. The molecule has 1 amide bonds. The first-order valence-electron chi connectivity index (χ1n) is 10.4. The zero-order valence-corrected chi connectivity index (χ0v) is 17.6. The van der Waals surface area contributed by atoms with E-state index in [1.165, 1.54) is 11.3 Å². The molecule has 1 aromatic carbocycles. The number of carbonyl (C=O) groups excluding carboxylic acids is 1. The molecule has 2 aliphatic heterocycles. The Morgan fingerprint density at radius 3 is 2.83 bits per heavy atom. The van der Waals surface area contributed by atoms with Crippen LogP contribution in [0.3, 0.4) is 0 Å². The van der Waals surface area contributed by atoms with Gasteiger partial charge in [-0.25, -0.2) is 4.98 Å². The van der Waals surface area contributed by atoms with Gasteiger partial charge in [-0.2, -0.15) is 0 Å². The van der Waals surface area contributed by atoms with E-state index in [2.05, 4.69) is 5.32 Å².